The van der Waals surface area contributed by atoms with Gasteiger partial charge in [0.05, 0.1) is 63.9 Å². The molecule has 5 fully saturated rings. The summed E-state index contributed by atoms with van der Waals surface area (Å²) < 4.78 is 58.0. The Balaban J connectivity index is 1.54. The third-order valence-electron chi connectivity index (χ3n) is 14.2. The molecule has 0 aliphatic carbocycles. The summed E-state index contributed by atoms with van der Waals surface area (Å²) in [5.74, 6) is -8.04. The summed E-state index contributed by atoms with van der Waals surface area (Å²) >= 11 is 0. The van der Waals surface area contributed by atoms with Crippen molar-refractivity contribution in [3.8, 4) is 0 Å². The Morgan fingerprint density at radius 1 is 0.580 bits per heavy atom. The molecular formula is C45H77N3O33. The predicted molar refractivity (Wildman–Crippen MR) is 252 cm³/mol. The summed E-state index contributed by atoms with van der Waals surface area (Å²) in [6.07, 6.45) is -54.6. The minimum atomic E-state index is -3.27. The van der Waals surface area contributed by atoms with E-state index in [0.29, 0.717) is 0 Å². The number of carboxylic acid groups (broad SMARTS) is 1. The van der Waals surface area contributed by atoms with E-state index in [1.807, 2.05) is 0 Å². The molecule has 3 amide bonds. The predicted octanol–water partition coefficient (Wildman–Crippen LogP) is -13.8. The monoisotopic (exact) mass is 1190 g/mol. The first-order valence-electron chi connectivity index (χ1n) is 25.5. The van der Waals surface area contributed by atoms with Gasteiger partial charge >= 0.3 is 5.97 Å². The number of hydrogen-bond donors (Lipinski definition) is 22. The molecule has 0 aromatic heterocycles. The fourth-order valence-corrected chi connectivity index (χ4v) is 9.87. The minimum absolute atomic E-state index is 0.833. The van der Waals surface area contributed by atoms with Gasteiger partial charge in [-0.1, -0.05) is 0 Å². The van der Waals surface area contributed by atoms with Crippen LogP contribution in [0.25, 0.3) is 0 Å². The van der Waals surface area contributed by atoms with Crippen molar-refractivity contribution in [1.82, 2.24) is 16.0 Å². The van der Waals surface area contributed by atoms with E-state index < -0.39 is 253 Å². The van der Waals surface area contributed by atoms with Crippen LogP contribution in [0.3, 0.4) is 0 Å². The quantitative estimate of drug-likeness (QED) is 0.0404. The van der Waals surface area contributed by atoms with Crippen molar-refractivity contribution in [3.05, 3.63) is 0 Å². The summed E-state index contributed by atoms with van der Waals surface area (Å²) in [6.45, 7) is -2.48. The smallest absolute Gasteiger partial charge is 0.364 e. The fourth-order valence-electron chi connectivity index (χ4n) is 9.87. The van der Waals surface area contributed by atoms with Crippen LogP contribution in [0, 0.1) is 0 Å². The zero-order valence-electron chi connectivity index (χ0n) is 43.9. The zero-order valence-corrected chi connectivity index (χ0v) is 43.9. The van der Waals surface area contributed by atoms with Crippen molar-refractivity contribution >= 4 is 23.7 Å². The Bertz CT molecular complexity index is 2020. The molecule has 36 heteroatoms. The van der Waals surface area contributed by atoms with Crippen LogP contribution in [0.15, 0.2) is 0 Å². The highest BCUT2D eigenvalue weighted by atomic mass is 16.8. The topological polar surface area (TPSA) is 581 Å². The maximum atomic E-state index is 13.2. The van der Waals surface area contributed by atoms with Crippen LogP contribution in [0.4, 0.5) is 0 Å². The number of carbonyl (C=O) groups excluding carboxylic acids is 3. The second kappa shape index (κ2) is 29.7. The molecule has 81 heavy (non-hydrogen) atoms. The Kier molecular flexibility index (Phi) is 25.1. The van der Waals surface area contributed by atoms with Gasteiger partial charge in [0, 0.05) is 27.2 Å². The Hall–Kier alpha value is -3.24. The van der Waals surface area contributed by atoms with E-state index in [9.17, 15) is 116 Å². The average molecular weight is 1190 g/mol. The molecule has 5 aliphatic rings. The SMILES string of the molecule is CC(=O)N[C@H]1[C@H](OC[C@@H](O)[C@H](O)[C@H](O[C@@H]2O[C@H](CO)[C@H](O)[C@H](O)[C@H]2O)[C@H](CO)NC(C)=O)O[C@H](CO)[C@@H](O[C@@H]2O[C@@H](C)[C@@H](O)[C@@H](O)[C@@H]2O)[C@@H]1O[C@@H]1O[C@H](CO)[C@H](O)[C@H](O[C@]2(C(=O)O)C[C@H](O)[C@@H](NC(C)=O)[C@H]([C@H](O)[C@H](O)CO)O2)[C@H]1O. The van der Waals surface area contributed by atoms with E-state index in [2.05, 4.69) is 16.0 Å². The van der Waals surface area contributed by atoms with Crippen molar-refractivity contribution in [1.29, 1.82) is 0 Å². The van der Waals surface area contributed by atoms with Crippen LogP contribution in [0.5, 0.6) is 0 Å². The van der Waals surface area contributed by atoms with E-state index in [-0.39, 0.29) is 0 Å². The summed E-state index contributed by atoms with van der Waals surface area (Å²) in [5.41, 5.74) is 0. The second-order valence-electron chi connectivity index (χ2n) is 20.2. The number of nitrogens with one attached hydrogen (secondary N) is 3. The standard InChI is InChI=1S/C45H77N3O33/c1-12-25(60)30(65)32(67)41(73-12)78-36-22(10-53)76-40(72-11-19(59)27(62)35(16(6-49)46-13(2)54)77-42-33(68)31(66)28(63)20(8-51)74-42)24(48-15(4)56)38(36)79-43-34(69)39(29(64)21(9-52)75-43)81-45(44(70)71)5-17(57)23(47-14(3)55)37(80-45)26(61)18(58)7-50/h12,16-43,49-53,57-69H,5-11H2,1-4H3,(H,46,54)(H,47,55)(H,48,56)(H,70,71)/t12-,16-,17-,18+,19+,20+,21+,22+,23+,24+,25+,26+,27-,28-,29-,30+,31-,32-,33+,34+,35+,36+,37+,38+,39-,40+,41-,42-,43-,45-/m0/s1. The maximum absolute atomic E-state index is 13.2. The van der Waals surface area contributed by atoms with E-state index in [0.717, 1.165) is 20.8 Å². The van der Waals surface area contributed by atoms with Crippen LogP contribution in [-0.2, 0) is 66.5 Å². The number of amides is 3. The number of aliphatic hydroxyl groups excluding tert-OH is 18. The lowest BCUT2D eigenvalue weighted by Gasteiger charge is -2.52. The summed E-state index contributed by atoms with van der Waals surface area (Å²) in [6, 6.07) is -5.31. The fraction of sp³-hybridized carbons (Fsp3) is 0.911. The van der Waals surface area contributed by atoms with E-state index in [4.69, 9.17) is 47.4 Å². The molecule has 0 unspecified atom stereocenters. The average Bonchev–Trinajstić information content (AvgIpc) is 3.60. The lowest BCUT2D eigenvalue weighted by molar-refractivity contribution is -0.390. The van der Waals surface area contributed by atoms with Gasteiger partial charge in [0.15, 0.2) is 25.2 Å². The molecule has 36 nitrogen and oxygen atoms in total. The van der Waals surface area contributed by atoms with E-state index in [1.165, 1.54) is 6.92 Å². The number of aliphatic hydroxyl groups is 18. The van der Waals surface area contributed by atoms with Crippen LogP contribution < -0.4 is 16.0 Å². The van der Waals surface area contributed by atoms with Crippen LogP contribution in [0.2, 0.25) is 0 Å². The Labute approximate surface area is 459 Å². The number of aliphatic carboxylic acids is 1. The highest BCUT2D eigenvalue weighted by molar-refractivity contribution is 5.77. The zero-order chi connectivity index (χ0) is 60.7. The van der Waals surface area contributed by atoms with Crippen molar-refractivity contribution in [3.63, 3.8) is 0 Å². The third kappa shape index (κ3) is 15.8. The van der Waals surface area contributed by atoms with Gasteiger partial charge in [0.1, 0.15) is 128 Å². The van der Waals surface area contributed by atoms with Gasteiger partial charge in [-0.25, -0.2) is 4.79 Å². The number of ether oxygens (including phenoxy) is 10. The number of hydrogen-bond acceptors (Lipinski definition) is 32. The molecule has 5 heterocycles. The molecule has 30 atom stereocenters. The van der Waals surface area contributed by atoms with Crippen LogP contribution >= 0.6 is 0 Å². The van der Waals surface area contributed by atoms with Gasteiger partial charge in [-0.2, -0.15) is 0 Å². The number of rotatable bonds is 25. The lowest BCUT2D eigenvalue weighted by Crippen LogP contribution is -2.71. The molecule has 0 aromatic carbocycles. The molecule has 0 bridgehead atoms. The third-order valence-corrected chi connectivity index (χ3v) is 14.2. The molecule has 0 radical (unpaired) electrons. The molecule has 22 N–H and O–H groups in total. The van der Waals surface area contributed by atoms with Crippen molar-refractivity contribution in [2.45, 2.75) is 217 Å². The molecule has 0 spiro atoms. The molecular weight excluding hydrogens is 1110 g/mol. The maximum Gasteiger partial charge on any atom is 0.364 e. The van der Waals surface area contributed by atoms with Crippen molar-refractivity contribution < 1.29 is 164 Å². The molecule has 5 aliphatic heterocycles. The van der Waals surface area contributed by atoms with E-state index in [1.54, 1.807) is 0 Å². The largest absolute Gasteiger partial charge is 0.477 e. The van der Waals surface area contributed by atoms with Crippen LogP contribution in [0.1, 0.15) is 34.1 Å². The number of carboxylic acids is 1. The lowest BCUT2D eigenvalue weighted by atomic mass is 9.88. The second-order valence-corrected chi connectivity index (χ2v) is 20.2. The molecule has 0 saturated carbocycles. The normalized spacial score (nSPS) is 42.6. The first kappa shape index (κ1) is 68.5. The van der Waals surface area contributed by atoms with Gasteiger partial charge in [0.25, 0.3) is 5.79 Å². The van der Waals surface area contributed by atoms with Gasteiger partial charge in [0.2, 0.25) is 17.7 Å². The number of carbonyl (C=O) groups is 4. The summed E-state index contributed by atoms with van der Waals surface area (Å²) in [7, 11) is 0. The van der Waals surface area contributed by atoms with Crippen molar-refractivity contribution in [2.75, 3.05) is 39.6 Å². The van der Waals surface area contributed by atoms with Gasteiger partial charge in [-0.05, 0) is 6.92 Å². The first-order valence-corrected chi connectivity index (χ1v) is 25.5. The summed E-state index contributed by atoms with van der Waals surface area (Å²) in [5, 5.41) is 211. The van der Waals surface area contributed by atoms with Crippen LogP contribution in [-0.4, -0.2) is 344 Å². The van der Waals surface area contributed by atoms with Gasteiger partial charge in [-0.15, -0.1) is 0 Å². The summed E-state index contributed by atoms with van der Waals surface area (Å²) in [4.78, 5) is 50.6. The van der Waals surface area contributed by atoms with E-state index >= 15 is 0 Å². The van der Waals surface area contributed by atoms with Gasteiger partial charge < -0.3 is 160 Å². The van der Waals surface area contributed by atoms with Crippen molar-refractivity contribution in [2.24, 2.45) is 0 Å². The minimum Gasteiger partial charge on any atom is -0.477 e. The molecule has 0 aromatic rings. The first-order chi connectivity index (χ1) is 38.0. The molecule has 470 valence electrons. The highest BCUT2D eigenvalue weighted by Gasteiger charge is 2.61. The highest BCUT2D eigenvalue weighted by Crippen LogP contribution is 2.40. The Morgan fingerprint density at radius 3 is 1.67 bits per heavy atom. The van der Waals surface area contributed by atoms with Gasteiger partial charge in [-0.3, -0.25) is 14.4 Å². The molecule has 5 rings (SSSR count). The Morgan fingerprint density at radius 2 is 1.11 bits per heavy atom. The molecule has 5 saturated heterocycles.